The van der Waals surface area contributed by atoms with Crippen LogP contribution in [0.1, 0.15) is 65.0 Å². The number of benzene rings is 1. The van der Waals surface area contributed by atoms with E-state index in [9.17, 15) is 14.4 Å². The number of nitrogens with zero attached hydrogens (tertiary/aromatic N) is 2. The third kappa shape index (κ3) is 7.10. The van der Waals surface area contributed by atoms with E-state index >= 15 is 0 Å². The molecule has 1 saturated carbocycles. The van der Waals surface area contributed by atoms with Gasteiger partial charge in [0.25, 0.3) is 11.8 Å². The highest BCUT2D eigenvalue weighted by molar-refractivity contribution is 7.12. The largest absolute Gasteiger partial charge is 0.497 e. The Balaban J connectivity index is 1.35. The van der Waals surface area contributed by atoms with Gasteiger partial charge in [-0.05, 0) is 92.6 Å². The molecule has 3 amide bonds. The number of thiophene rings is 1. The molecule has 9 nitrogen and oxygen atoms in total. The van der Waals surface area contributed by atoms with Gasteiger partial charge in [0.2, 0.25) is 5.91 Å². The molecule has 222 valence electrons. The number of hydrogen-bond acceptors (Lipinski definition) is 7. The summed E-state index contributed by atoms with van der Waals surface area (Å²) in [7, 11) is 1.59. The maximum absolute atomic E-state index is 13.9. The van der Waals surface area contributed by atoms with E-state index in [-0.39, 0.29) is 29.9 Å². The van der Waals surface area contributed by atoms with Crippen LogP contribution in [0.5, 0.6) is 5.75 Å². The summed E-state index contributed by atoms with van der Waals surface area (Å²) in [5.41, 5.74) is 6.47. The molecule has 2 saturated heterocycles. The van der Waals surface area contributed by atoms with Gasteiger partial charge >= 0.3 is 0 Å². The molecule has 5 atom stereocenters. The topological polar surface area (TPSA) is 114 Å². The van der Waals surface area contributed by atoms with Gasteiger partial charge in [0.05, 0.1) is 24.1 Å². The van der Waals surface area contributed by atoms with Crippen molar-refractivity contribution in [2.45, 2.75) is 63.1 Å². The van der Waals surface area contributed by atoms with Crippen LogP contribution in [0.25, 0.3) is 0 Å². The first-order valence-electron chi connectivity index (χ1n) is 14.9. The van der Waals surface area contributed by atoms with Gasteiger partial charge in [-0.25, -0.2) is 0 Å². The number of carbonyl (C=O) groups excluding carboxylic acids is 3. The van der Waals surface area contributed by atoms with E-state index in [1.165, 1.54) is 11.3 Å². The first kappa shape index (κ1) is 29.5. The molecule has 3 fully saturated rings. The number of nitrogens with two attached hydrogens (primary N) is 1. The van der Waals surface area contributed by atoms with Crippen LogP contribution in [0.2, 0.25) is 0 Å². The summed E-state index contributed by atoms with van der Waals surface area (Å²) in [4.78, 5) is 45.3. The van der Waals surface area contributed by atoms with Crippen LogP contribution >= 0.6 is 11.3 Å². The van der Waals surface area contributed by atoms with Crippen LogP contribution in [0.15, 0.2) is 41.8 Å². The van der Waals surface area contributed by atoms with Crippen molar-refractivity contribution in [3.8, 4) is 5.75 Å². The lowest BCUT2D eigenvalue weighted by Gasteiger charge is -2.31. The molecule has 2 aliphatic heterocycles. The van der Waals surface area contributed by atoms with E-state index in [0.29, 0.717) is 67.2 Å². The average molecular weight is 583 g/mol. The molecule has 2 aromatic rings. The summed E-state index contributed by atoms with van der Waals surface area (Å²) in [6.07, 6.45) is 6.54. The van der Waals surface area contributed by atoms with Gasteiger partial charge in [-0.1, -0.05) is 12.5 Å². The number of nitrogens with one attached hydrogen (secondary N) is 1. The number of hydrogen-bond donors (Lipinski definition) is 2. The number of likely N-dealkylation sites (tertiary alicyclic amines) is 1. The van der Waals surface area contributed by atoms with E-state index in [1.807, 2.05) is 16.3 Å². The minimum absolute atomic E-state index is 0.0617. The number of methoxy groups -OCH3 is 1. The lowest BCUT2D eigenvalue weighted by Crippen LogP contribution is -2.47. The summed E-state index contributed by atoms with van der Waals surface area (Å²) in [5.74, 6) is 1.13. The molecule has 3 heterocycles. The SMILES string of the molecule is COc1ccc(C(=O)N(CC2CCCO2)C2CC(C(=O)NCC3CCCC(CN)C3)N(C(=O)c3cccs3)C2)cc1. The van der Waals surface area contributed by atoms with Crippen LogP contribution in [0, 0.1) is 11.8 Å². The quantitative estimate of drug-likeness (QED) is 0.443. The number of rotatable bonds is 10. The first-order chi connectivity index (χ1) is 20.0. The second-order valence-corrected chi connectivity index (χ2v) is 12.5. The minimum atomic E-state index is -0.654. The number of amides is 3. The number of ether oxygens (including phenoxy) is 2. The molecule has 3 N–H and O–H groups in total. The van der Waals surface area contributed by atoms with Crippen molar-refractivity contribution in [3.63, 3.8) is 0 Å². The Kier molecular flexibility index (Phi) is 9.95. The Bertz CT molecular complexity index is 1170. The van der Waals surface area contributed by atoms with Crippen molar-refractivity contribution in [2.75, 3.05) is 39.9 Å². The minimum Gasteiger partial charge on any atom is -0.497 e. The van der Waals surface area contributed by atoms with Crippen molar-refractivity contribution in [3.05, 3.63) is 52.2 Å². The van der Waals surface area contributed by atoms with Crippen molar-refractivity contribution < 1.29 is 23.9 Å². The summed E-state index contributed by atoms with van der Waals surface area (Å²) in [5, 5.41) is 5.03. The molecule has 1 aliphatic carbocycles. The van der Waals surface area contributed by atoms with E-state index in [1.54, 1.807) is 42.3 Å². The van der Waals surface area contributed by atoms with Gasteiger partial charge in [-0.15, -0.1) is 11.3 Å². The lowest BCUT2D eigenvalue weighted by molar-refractivity contribution is -0.125. The highest BCUT2D eigenvalue weighted by atomic mass is 32.1. The van der Waals surface area contributed by atoms with Crippen molar-refractivity contribution >= 4 is 29.1 Å². The fourth-order valence-electron chi connectivity index (χ4n) is 6.52. The molecule has 3 aliphatic rings. The molecule has 5 unspecified atom stereocenters. The van der Waals surface area contributed by atoms with Crippen molar-refractivity contribution in [1.29, 1.82) is 0 Å². The molecule has 1 aromatic heterocycles. The zero-order valence-electron chi connectivity index (χ0n) is 23.8. The summed E-state index contributed by atoms with van der Waals surface area (Å²) in [6.45, 7) is 2.66. The van der Waals surface area contributed by atoms with E-state index in [0.717, 1.165) is 38.5 Å². The number of carbonyl (C=O) groups is 3. The molecule has 41 heavy (non-hydrogen) atoms. The van der Waals surface area contributed by atoms with Gasteiger partial charge in [0.1, 0.15) is 11.8 Å². The maximum atomic E-state index is 13.9. The van der Waals surface area contributed by atoms with Crippen LogP contribution in [-0.2, 0) is 9.53 Å². The highest BCUT2D eigenvalue weighted by Gasteiger charge is 2.44. The molecule has 0 spiro atoms. The van der Waals surface area contributed by atoms with Gasteiger partial charge in [0.15, 0.2) is 0 Å². The Morgan fingerprint density at radius 2 is 1.90 bits per heavy atom. The summed E-state index contributed by atoms with van der Waals surface area (Å²) < 4.78 is 11.2. The molecular formula is C31H42N4O5S. The van der Waals surface area contributed by atoms with Crippen LogP contribution in [0.4, 0.5) is 0 Å². The van der Waals surface area contributed by atoms with E-state index < -0.39 is 6.04 Å². The average Bonchev–Trinajstić information content (AvgIpc) is 3.81. The fraction of sp³-hybridized carbons (Fsp3) is 0.581. The van der Waals surface area contributed by atoms with E-state index in [2.05, 4.69) is 5.32 Å². The van der Waals surface area contributed by atoms with Crippen LogP contribution in [0.3, 0.4) is 0 Å². The van der Waals surface area contributed by atoms with Crippen molar-refractivity contribution in [1.82, 2.24) is 15.1 Å². The normalized spacial score (nSPS) is 26.1. The third-order valence-electron chi connectivity index (χ3n) is 8.83. The smallest absolute Gasteiger partial charge is 0.264 e. The zero-order chi connectivity index (χ0) is 28.8. The van der Waals surface area contributed by atoms with Gasteiger partial charge in [-0.2, -0.15) is 0 Å². The molecule has 1 aromatic carbocycles. The highest BCUT2D eigenvalue weighted by Crippen LogP contribution is 2.30. The van der Waals surface area contributed by atoms with Crippen LogP contribution in [-0.4, -0.2) is 85.6 Å². The second-order valence-electron chi connectivity index (χ2n) is 11.5. The Morgan fingerprint density at radius 1 is 1.10 bits per heavy atom. The van der Waals surface area contributed by atoms with Gasteiger partial charge in [0, 0.05) is 31.8 Å². The van der Waals surface area contributed by atoms with Crippen molar-refractivity contribution in [2.24, 2.45) is 17.6 Å². The molecule has 5 rings (SSSR count). The Morgan fingerprint density at radius 3 is 2.59 bits per heavy atom. The summed E-state index contributed by atoms with van der Waals surface area (Å²) >= 11 is 1.37. The first-order valence-corrected chi connectivity index (χ1v) is 15.7. The second kappa shape index (κ2) is 13.8. The molecule has 10 heteroatoms. The standard InChI is InChI=1S/C31H42N4O5S/c1-39-25-11-9-23(10-12-25)30(37)34(20-26-7-3-13-40-26)24-16-27(35(19-24)31(38)28-8-4-14-41-28)29(36)33-18-22-6-2-5-21(15-22)17-32/h4,8-12,14,21-22,24,26-27H,2-3,5-7,13,15-20,32H2,1H3,(H,33,36). The van der Waals surface area contributed by atoms with Gasteiger partial charge in [-0.3, -0.25) is 14.4 Å². The lowest BCUT2D eigenvalue weighted by atomic mass is 9.81. The zero-order valence-corrected chi connectivity index (χ0v) is 24.7. The third-order valence-corrected chi connectivity index (χ3v) is 9.68. The predicted octanol–water partition coefficient (Wildman–Crippen LogP) is 3.54. The van der Waals surface area contributed by atoms with Gasteiger partial charge < -0.3 is 30.3 Å². The maximum Gasteiger partial charge on any atom is 0.264 e. The Labute approximate surface area is 246 Å². The van der Waals surface area contributed by atoms with Crippen LogP contribution < -0.4 is 15.8 Å². The fourth-order valence-corrected chi connectivity index (χ4v) is 7.20. The molecule has 0 radical (unpaired) electrons. The Hall–Kier alpha value is -2.95. The monoisotopic (exact) mass is 582 g/mol. The molecule has 0 bridgehead atoms. The predicted molar refractivity (Wildman–Crippen MR) is 158 cm³/mol. The van der Waals surface area contributed by atoms with E-state index in [4.69, 9.17) is 15.2 Å². The summed E-state index contributed by atoms with van der Waals surface area (Å²) in [6, 6.07) is 9.73. The molecular weight excluding hydrogens is 540 g/mol.